The number of sulfonamides is 1. The second kappa shape index (κ2) is 6.44. The summed E-state index contributed by atoms with van der Waals surface area (Å²) in [6.45, 7) is 0. The molecular formula is C13H10BrCl2NO3S. The summed E-state index contributed by atoms with van der Waals surface area (Å²) >= 11 is 15.1. The van der Waals surface area contributed by atoms with Crippen molar-refractivity contribution in [3.05, 3.63) is 50.9 Å². The molecule has 0 amide bonds. The van der Waals surface area contributed by atoms with E-state index in [0.717, 1.165) is 0 Å². The molecule has 8 heteroatoms. The SMILES string of the molecule is COc1ccc(Br)cc1S(=O)(=O)Nc1cccc(Cl)c1Cl. The Kier molecular flexibility index (Phi) is 5.03. The lowest BCUT2D eigenvalue weighted by atomic mass is 10.3. The Balaban J connectivity index is 2.48. The van der Waals surface area contributed by atoms with Gasteiger partial charge in [0.2, 0.25) is 0 Å². The van der Waals surface area contributed by atoms with Crippen molar-refractivity contribution in [1.82, 2.24) is 0 Å². The summed E-state index contributed by atoms with van der Waals surface area (Å²) in [7, 11) is -2.47. The van der Waals surface area contributed by atoms with E-state index in [9.17, 15) is 8.42 Å². The molecule has 0 aromatic heterocycles. The van der Waals surface area contributed by atoms with E-state index in [0.29, 0.717) is 4.47 Å². The lowest BCUT2D eigenvalue weighted by molar-refractivity contribution is 0.403. The van der Waals surface area contributed by atoms with Crippen LogP contribution >= 0.6 is 39.1 Å². The van der Waals surface area contributed by atoms with Gasteiger partial charge in [-0.05, 0) is 30.3 Å². The smallest absolute Gasteiger partial charge is 0.265 e. The van der Waals surface area contributed by atoms with Crippen molar-refractivity contribution >= 4 is 54.8 Å². The van der Waals surface area contributed by atoms with Gasteiger partial charge in [-0.25, -0.2) is 8.42 Å². The van der Waals surface area contributed by atoms with Crippen LogP contribution in [0.1, 0.15) is 0 Å². The Morgan fingerprint density at radius 1 is 1.19 bits per heavy atom. The van der Waals surface area contributed by atoms with Crippen LogP contribution in [0.25, 0.3) is 0 Å². The van der Waals surface area contributed by atoms with E-state index in [-0.39, 0.29) is 26.4 Å². The monoisotopic (exact) mass is 409 g/mol. The number of benzene rings is 2. The first kappa shape index (κ1) is 16.4. The van der Waals surface area contributed by atoms with Crippen molar-refractivity contribution in [2.24, 2.45) is 0 Å². The first-order valence-corrected chi connectivity index (χ1v) is 8.69. The molecule has 0 saturated carbocycles. The standard InChI is InChI=1S/C13H10BrCl2NO3S/c1-20-11-6-5-8(14)7-12(11)21(18,19)17-10-4-2-3-9(15)13(10)16/h2-7,17H,1H3. The number of rotatable bonds is 4. The average molecular weight is 411 g/mol. The molecule has 0 aliphatic carbocycles. The zero-order valence-electron chi connectivity index (χ0n) is 10.7. The molecule has 2 aromatic rings. The molecule has 4 nitrogen and oxygen atoms in total. The average Bonchev–Trinajstić information content (AvgIpc) is 2.44. The molecule has 0 aliphatic rings. The van der Waals surface area contributed by atoms with E-state index in [1.54, 1.807) is 24.3 Å². The molecule has 2 rings (SSSR count). The fraction of sp³-hybridized carbons (Fsp3) is 0.0769. The third kappa shape index (κ3) is 3.63. The van der Waals surface area contributed by atoms with Crippen molar-refractivity contribution in [1.29, 1.82) is 0 Å². The Bertz CT molecular complexity index is 781. The molecule has 0 aliphatic heterocycles. The highest BCUT2D eigenvalue weighted by atomic mass is 79.9. The van der Waals surface area contributed by atoms with Gasteiger partial charge in [0.25, 0.3) is 10.0 Å². The van der Waals surface area contributed by atoms with Gasteiger partial charge in [-0.1, -0.05) is 45.2 Å². The van der Waals surface area contributed by atoms with E-state index in [1.165, 1.54) is 19.2 Å². The summed E-state index contributed by atoms with van der Waals surface area (Å²) in [5.41, 5.74) is 0.200. The van der Waals surface area contributed by atoms with Crippen molar-refractivity contribution in [3.8, 4) is 5.75 Å². The maximum atomic E-state index is 12.5. The molecular weight excluding hydrogens is 401 g/mol. The zero-order valence-corrected chi connectivity index (χ0v) is 14.6. The summed E-state index contributed by atoms with van der Waals surface area (Å²) in [6.07, 6.45) is 0. The molecule has 0 radical (unpaired) electrons. The van der Waals surface area contributed by atoms with Gasteiger partial charge < -0.3 is 4.74 Å². The number of ether oxygens (including phenoxy) is 1. The lowest BCUT2D eigenvalue weighted by Crippen LogP contribution is -2.14. The highest BCUT2D eigenvalue weighted by Crippen LogP contribution is 2.33. The zero-order chi connectivity index (χ0) is 15.6. The highest BCUT2D eigenvalue weighted by Gasteiger charge is 2.21. The minimum Gasteiger partial charge on any atom is -0.495 e. The summed E-state index contributed by atoms with van der Waals surface area (Å²) < 4.78 is 33.1. The predicted octanol–water partition coefficient (Wildman–Crippen LogP) is 4.57. The number of anilines is 1. The first-order valence-electron chi connectivity index (χ1n) is 5.65. The summed E-state index contributed by atoms with van der Waals surface area (Å²) in [4.78, 5) is -0.00424. The number of hydrogen-bond donors (Lipinski definition) is 1. The summed E-state index contributed by atoms with van der Waals surface area (Å²) in [6, 6.07) is 9.38. The predicted molar refractivity (Wildman–Crippen MR) is 88.0 cm³/mol. The summed E-state index contributed by atoms with van der Waals surface area (Å²) in [5, 5.41) is 0.398. The molecule has 0 atom stereocenters. The van der Waals surface area contributed by atoms with Crippen LogP contribution < -0.4 is 9.46 Å². The Labute approximate surface area is 141 Å². The van der Waals surface area contributed by atoms with Crippen LogP contribution in [0.5, 0.6) is 5.75 Å². The largest absolute Gasteiger partial charge is 0.495 e. The minimum atomic E-state index is -3.87. The van der Waals surface area contributed by atoms with Gasteiger partial charge in [-0.3, -0.25) is 4.72 Å². The molecule has 0 saturated heterocycles. The normalized spacial score (nSPS) is 11.2. The van der Waals surface area contributed by atoms with Crippen molar-refractivity contribution in [3.63, 3.8) is 0 Å². The number of hydrogen-bond acceptors (Lipinski definition) is 3. The molecule has 0 spiro atoms. The molecule has 21 heavy (non-hydrogen) atoms. The second-order valence-electron chi connectivity index (χ2n) is 4.00. The molecule has 1 N–H and O–H groups in total. The van der Waals surface area contributed by atoms with Gasteiger partial charge in [0.05, 0.1) is 22.8 Å². The van der Waals surface area contributed by atoms with Crippen LogP contribution in [0, 0.1) is 0 Å². The quantitative estimate of drug-likeness (QED) is 0.803. The van der Waals surface area contributed by atoms with Crippen LogP contribution in [-0.2, 0) is 10.0 Å². The molecule has 112 valence electrons. The molecule has 0 fully saturated rings. The third-order valence-electron chi connectivity index (χ3n) is 2.61. The summed E-state index contributed by atoms with van der Waals surface area (Å²) in [5.74, 6) is 0.226. The van der Waals surface area contributed by atoms with Crippen LogP contribution in [0.2, 0.25) is 10.0 Å². The van der Waals surface area contributed by atoms with Gasteiger partial charge in [0.1, 0.15) is 10.6 Å². The Morgan fingerprint density at radius 3 is 2.57 bits per heavy atom. The van der Waals surface area contributed by atoms with Crippen LogP contribution in [0.15, 0.2) is 45.8 Å². The van der Waals surface area contributed by atoms with Gasteiger partial charge in [0, 0.05) is 4.47 Å². The van der Waals surface area contributed by atoms with E-state index in [1.807, 2.05) is 0 Å². The van der Waals surface area contributed by atoms with Crippen molar-refractivity contribution in [2.75, 3.05) is 11.8 Å². The van der Waals surface area contributed by atoms with E-state index in [4.69, 9.17) is 27.9 Å². The van der Waals surface area contributed by atoms with Gasteiger partial charge >= 0.3 is 0 Å². The fourth-order valence-corrected chi connectivity index (χ4v) is 3.83. The topological polar surface area (TPSA) is 55.4 Å². The van der Waals surface area contributed by atoms with Crippen LogP contribution in [0.3, 0.4) is 0 Å². The van der Waals surface area contributed by atoms with Gasteiger partial charge in [-0.15, -0.1) is 0 Å². The van der Waals surface area contributed by atoms with Crippen molar-refractivity contribution in [2.45, 2.75) is 4.90 Å². The van der Waals surface area contributed by atoms with Gasteiger partial charge in [-0.2, -0.15) is 0 Å². The van der Waals surface area contributed by atoms with Crippen LogP contribution in [0.4, 0.5) is 5.69 Å². The van der Waals surface area contributed by atoms with E-state index in [2.05, 4.69) is 20.7 Å². The van der Waals surface area contributed by atoms with Gasteiger partial charge in [0.15, 0.2) is 0 Å². The Morgan fingerprint density at radius 2 is 1.90 bits per heavy atom. The third-order valence-corrected chi connectivity index (χ3v) is 5.31. The lowest BCUT2D eigenvalue weighted by Gasteiger charge is -2.13. The highest BCUT2D eigenvalue weighted by molar-refractivity contribution is 9.10. The molecule has 0 unspecified atom stereocenters. The first-order chi connectivity index (χ1) is 9.85. The Hall–Kier alpha value is -0.950. The van der Waals surface area contributed by atoms with Crippen LogP contribution in [-0.4, -0.2) is 15.5 Å². The number of nitrogens with one attached hydrogen (secondary N) is 1. The van der Waals surface area contributed by atoms with E-state index >= 15 is 0 Å². The minimum absolute atomic E-state index is 0.00424. The fourth-order valence-electron chi connectivity index (χ4n) is 1.64. The number of halogens is 3. The molecule has 0 heterocycles. The second-order valence-corrected chi connectivity index (χ2v) is 7.35. The molecule has 0 bridgehead atoms. The molecule has 2 aromatic carbocycles. The maximum Gasteiger partial charge on any atom is 0.265 e. The van der Waals surface area contributed by atoms with Crippen molar-refractivity contribution < 1.29 is 13.2 Å². The number of methoxy groups -OCH3 is 1. The maximum absolute atomic E-state index is 12.5. The van der Waals surface area contributed by atoms with E-state index < -0.39 is 10.0 Å².